The van der Waals surface area contributed by atoms with Gasteiger partial charge in [0.05, 0.1) is 0 Å². The summed E-state index contributed by atoms with van der Waals surface area (Å²) in [4.78, 5) is 9.82. The van der Waals surface area contributed by atoms with E-state index in [1.807, 2.05) is 0 Å². The van der Waals surface area contributed by atoms with E-state index in [2.05, 4.69) is 5.73 Å². The summed E-state index contributed by atoms with van der Waals surface area (Å²) in [7, 11) is 0. The maximum Gasteiger partial charge on any atom is 0.247 e. The Kier molecular flexibility index (Phi) is 2.32. The fraction of sp³-hybridized carbons (Fsp3) is 0.667. The molecule has 0 heterocycles. The number of aliphatic hydroxyl groups excluding tert-OH is 1. The van der Waals surface area contributed by atoms with Gasteiger partial charge in [-0.1, -0.05) is 0 Å². The van der Waals surface area contributed by atoms with Crippen LogP contribution < -0.4 is 11.5 Å². The van der Waals surface area contributed by atoms with Crippen molar-refractivity contribution in [3.05, 3.63) is 0 Å². The van der Waals surface area contributed by atoms with Crippen LogP contribution in [-0.2, 0) is 4.79 Å². The Hall–Kier alpha value is -0.610. The summed E-state index contributed by atoms with van der Waals surface area (Å²) in [5.41, 5.74) is 9.40. The molecule has 0 bridgehead atoms. The number of aliphatic hydroxyl groups is 1. The van der Waals surface area contributed by atoms with Gasteiger partial charge in [0, 0.05) is 6.54 Å². The van der Waals surface area contributed by atoms with E-state index >= 15 is 0 Å². The molecule has 42 valence electrons. The van der Waals surface area contributed by atoms with E-state index in [0.717, 1.165) is 0 Å². The van der Waals surface area contributed by atoms with Crippen LogP contribution in [0.3, 0.4) is 0 Å². The summed E-state index contributed by atoms with van der Waals surface area (Å²) in [5, 5.41) is 8.34. The Morgan fingerprint density at radius 1 is 1.86 bits per heavy atom. The van der Waals surface area contributed by atoms with Gasteiger partial charge in [-0.3, -0.25) is 4.79 Å². The molecule has 4 heteroatoms. The summed E-state index contributed by atoms with van der Waals surface area (Å²) in [6.45, 7) is -0.102. The lowest BCUT2D eigenvalue weighted by atomic mass is 10.3. The van der Waals surface area contributed by atoms with Crippen molar-refractivity contribution in [3.8, 4) is 0 Å². The van der Waals surface area contributed by atoms with Gasteiger partial charge in [0.15, 0.2) is 0 Å². The van der Waals surface area contributed by atoms with E-state index in [0.29, 0.717) is 0 Å². The van der Waals surface area contributed by atoms with Gasteiger partial charge in [0.2, 0.25) is 5.91 Å². The highest BCUT2D eigenvalue weighted by atomic mass is 16.3. The van der Waals surface area contributed by atoms with Crippen LogP contribution in [0.15, 0.2) is 0 Å². The zero-order valence-electron chi connectivity index (χ0n) is 3.79. The zero-order chi connectivity index (χ0) is 5.86. The van der Waals surface area contributed by atoms with Crippen LogP contribution in [-0.4, -0.2) is 23.7 Å². The SMILES string of the molecule is NC[C@@H](O)C(N)=O. The van der Waals surface area contributed by atoms with Crippen LogP contribution >= 0.6 is 0 Å². The first kappa shape index (κ1) is 6.39. The molecule has 0 aliphatic rings. The number of carbonyl (C=O) groups is 1. The second kappa shape index (κ2) is 2.54. The summed E-state index contributed by atoms with van der Waals surface area (Å²) in [6, 6.07) is 0. The van der Waals surface area contributed by atoms with Gasteiger partial charge >= 0.3 is 0 Å². The van der Waals surface area contributed by atoms with E-state index in [4.69, 9.17) is 10.8 Å². The molecule has 0 aliphatic heterocycles. The Bertz CT molecular complexity index is 73.3. The van der Waals surface area contributed by atoms with Gasteiger partial charge in [-0.05, 0) is 0 Å². The van der Waals surface area contributed by atoms with Crippen molar-refractivity contribution < 1.29 is 9.90 Å². The second-order valence-electron chi connectivity index (χ2n) is 1.15. The van der Waals surface area contributed by atoms with Crippen LogP contribution in [0.25, 0.3) is 0 Å². The lowest BCUT2D eigenvalue weighted by Crippen LogP contribution is -2.34. The van der Waals surface area contributed by atoms with Gasteiger partial charge < -0.3 is 16.6 Å². The predicted molar refractivity (Wildman–Crippen MR) is 24.3 cm³/mol. The number of hydrogen-bond acceptors (Lipinski definition) is 3. The molecule has 1 amide bonds. The second-order valence-corrected chi connectivity index (χ2v) is 1.15. The van der Waals surface area contributed by atoms with E-state index in [1.54, 1.807) is 0 Å². The quantitative estimate of drug-likeness (QED) is 0.371. The molecule has 4 nitrogen and oxygen atoms in total. The number of rotatable bonds is 2. The summed E-state index contributed by atoms with van der Waals surface area (Å²) >= 11 is 0. The fourth-order valence-electron chi connectivity index (χ4n) is 0.116. The minimum Gasteiger partial charge on any atom is -0.382 e. The Morgan fingerprint density at radius 2 is 2.29 bits per heavy atom. The highest BCUT2D eigenvalue weighted by molar-refractivity contribution is 5.78. The molecule has 0 aromatic rings. The minimum atomic E-state index is -1.18. The van der Waals surface area contributed by atoms with E-state index in [-0.39, 0.29) is 6.54 Å². The topological polar surface area (TPSA) is 89.3 Å². The van der Waals surface area contributed by atoms with Crippen molar-refractivity contribution in [2.45, 2.75) is 6.10 Å². The van der Waals surface area contributed by atoms with Crippen LogP contribution in [0.1, 0.15) is 0 Å². The van der Waals surface area contributed by atoms with Crippen molar-refractivity contribution in [1.29, 1.82) is 0 Å². The average molecular weight is 104 g/mol. The predicted octanol–water partition coefficient (Wildman–Crippen LogP) is -2.21. The molecule has 0 saturated heterocycles. The maximum absolute atomic E-state index is 9.82. The molecule has 0 aliphatic carbocycles. The summed E-state index contributed by atoms with van der Waals surface area (Å²) < 4.78 is 0. The van der Waals surface area contributed by atoms with Crippen LogP contribution in [0.2, 0.25) is 0 Å². The zero-order valence-corrected chi connectivity index (χ0v) is 3.79. The van der Waals surface area contributed by atoms with E-state index in [1.165, 1.54) is 0 Å². The van der Waals surface area contributed by atoms with Gasteiger partial charge in [-0.2, -0.15) is 0 Å². The lowest BCUT2D eigenvalue weighted by molar-refractivity contribution is -0.125. The van der Waals surface area contributed by atoms with E-state index < -0.39 is 12.0 Å². The van der Waals surface area contributed by atoms with Crippen molar-refractivity contribution in [2.24, 2.45) is 11.5 Å². The Labute approximate surface area is 41.1 Å². The van der Waals surface area contributed by atoms with Crippen molar-refractivity contribution in [1.82, 2.24) is 0 Å². The average Bonchev–Trinajstić information content (AvgIpc) is 1.65. The number of amides is 1. The van der Waals surface area contributed by atoms with Gasteiger partial charge in [-0.25, -0.2) is 0 Å². The summed E-state index contributed by atoms with van der Waals surface area (Å²) in [6.07, 6.45) is -1.18. The molecule has 0 aromatic carbocycles. The van der Waals surface area contributed by atoms with Crippen LogP contribution in [0.4, 0.5) is 0 Å². The number of nitrogens with two attached hydrogens (primary N) is 2. The Morgan fingerprint density at radius 3 is 2.29 bits per heavy atom. The highest BCUT2D eigenvalue weighted by Crippen LogP contribution is 1.70. The number of carbonyl (C=O) groups excluding carboxylic acids is 1. The van der Waals surface area contributed by atoms with Crippen molar-refractivity contribution in [2.75, 3.05) is 6.54 Å². The molecule has 0 saturated carbocycles. The minimum absolute atomic E-state index is 0.102. The maximum atomic E-state index is 9.82. The third-order valence-electron chi connectivity index (χ3n) is 0.552. The lowest BCUT2D eigenvalue weighted by Gasteiger charge is -1.97. The molecular formula is C3H8N2O2. The third kappa shape index (κ3) is 2.13. The molecule has 0 rings (SSSR count). The van der Waals surface area contributed by atoms with Crippen molar-refractivity contribution in [3.63, 3.8) is 0 Å². The van der Waals surface area contributed by atoms with Crippen molar-refractivity contribution >= 4 is 5.91 Å². The highest BCUT2D eigenvalue weighted by Gasteiger charge is 2.05. The molecule has 0 unspecified atom stereocenters. The first-order valence-corrected chi connectivity index (χ1v) is 1.86. The van der Waals surface area contributed by atoms with Gasteiger partial charge in [0.25, 0.3) is 0 Å². The smallest absolute Gasteiger partial charge is 0.247 e. The fourth-order valence-corrected chi connectivity index (χ4v) is 0.116. The molecule has 0 radical (unpaired) electrons. The normalized spacial score (nSPS) is 13.4. The standard InChI is InChI=1S/C3H8N2O2/c4-1-2(6)3(5)7/h2,6H,1,4H2,(H2,5,7)/t2-/m1/s1. The first-order chi connectivity index (χ1) is 3.18. The molecule has 5 N–H and O–H groups in total. The molecular weight excluding hydrogens is 96.0 g/mol. The van der Waals surface area contributed by atoms with E-state index in [9.17, 15) is 4.79 Å². The number of primary amides is 1. The third-order valence-corrected chi connectivity index (χ3v) is 0.552. The summed E-state index contributed by atoms with van der Waals surface area (Å²) in [5.74, 6) is -0.775. The monoisotopic (exact) mass is 104 g/mol. The first-order valence-electron chi connectivity index (χ1n) is 1.86. The molecule has 0 spiro atoms. The van der Waals surface area contributed by atoms with Crippen LogP contribution in [0.5, 0.6) is 0 Å². The largest absolute Gasteiger partial charge is 0.382 e. The number of hydrogen-bond donors (Lipinski definition) is 3. The van der Waals surface area contributed by atoms with Crippen LogP contribution in [0, 0.1) is 0 Å². The Balaban J connectivity index is 3.34. The molecule has 1 atom stereocenters. The van der Waals surface area contributed by atoms with Gasteiger partial charge in [-0.15, -0.1) is 0 Å². The molecule has 0 fully saturated rings. The molecule has 7 heavy (non-hydrogen) atoms. The van der Waals surface area contributed by atoms with Gasteiger partial charge in [0.1, 0.15) is 6.10 Å². The molecule has 0 aromatic heterocycles.